The highest BCUT2D eigenvalue weighted by atomic mass is 16.5. The fourth-order valence-corrected chi connectivity index (χ4v) is 1.64. The number of rotatable bonds is 8. The first-order chi connectivity index (χ1) is 9.08. The van der Waals surface area contributed by atoms with Crippen LogP contribution in [0.2, 0.25) is 0 Å². The molecule has 1 rings (SSSR count). The van der Waals surface area contributed by atoms with Crippen LogP contribution in [0.15, 0.2) is 24.3 Å². The first kappa shape index (κ1) is 15.2. The zero-order valence-electron chi connectivity index (χ0n) is 11.0. The normalized spacial score (nSPS) is 10.2. The van der Waals surface area contributed by atoms with Gasteiger partial charge in [-0.1, -0.05) is 29.8 Å². The quantitative estimate of drug-likeness (QED) is 0.691. The maximum atomic E-state index is 11.5. The van der Waals surface area contributed by atoms with E-state index >= 15 is 0 Å². The van der Waals surface area contributed by atoms with Gasteiger partial charge in [0, 0.05) is 13.0 Å². The number of aliphatic carboxylic acids is 1. The predicted molar refractivity (Wildman–Crippen MR) is 71.0 cm³/mol. The lowest BCUT2D eigenvalue weighted by Crippen LogP contribution is -2.28. The number of carbonyl (C=O) groups excluding carboxylic acids is 1. The van der Waals surface area contributed by atoms with Gasteiger partial charge in [-0.3, -0.25) is 4.79 Å². The van der Waals surface area contributed by atoms with Crippen molar-refractivity contribution in [1.82, 2.24) is 5.32 Å². The molecule has 1 aromatic rings. The monoisotopic (exact) mass is 265 g/mol. The highest BCUT2D eigenvalue weighted by Crippen LogP contribution is 2.06. The summed E-state index contributed by atoms with van der Waals surface area (Å²) in [4.78, 5) is 21.7. The average molecular weight is 265 g/mol. The van der Waals surface area contributed by atoms with Crippen LogP contribution in [-0.2, 0) is 20.7 Å². The summed E-state index contributed by atoms with van der Waals surface area (Å²) in [6, 6.07) is 8.05. The van der Waals surface area contributed by atoms with Crippen LogP contribution in [0.25, 0.3) is 0 Å². The Bertz CT molecular complexity index is 431. The van der Waals surface area contributed by atoms with Crippen molar-refractivity contribution in [3.05, 3.63) is 35.4 Å². The van der Waals surface area contributed by atoms with E-state index in [9.17, 15) is 9.59 Å². The minimum atomic E-state index is -1.01. The number of hydrogen-bond acceptors (Lipinski definition) is 3. The van der Waals surface area contributed by atoms with E-state index in [1.165, 1.54) is 5.56 Å². The smallest absolute Gasteiger partial charge is 0.329 e. The highest BCUT2D eigenvalue weighted by molar-refractivity contribution is 5.76. The molecule has 0 aliphatic rings. The molecule has 0 aliphatic heterocycles. The van der Waals surface area contributed by atoms with E-state index in [1.54, 1.807) is 0 Å². The van der Waals surface area contributed by atoms with E-state index in [0.717, 1.165) is 5.56 Å². The lowest BCUT2D eigenvalue weighted by atomic mass is 10.1. The van der Waals surface area contributed by atoms with Crippen molar-refractivity contribution in [2.45, 2.75) is 19.8 Å². The fourth-order valence-electron chi connectivity index (χ4n) is 1.64. The van der Waals surface area contributed by atoms with E-state index < -0.39 is 5.97 Å². The third kappa shape index (κ3) is 7.21. The zero-order valence-corrected chi connectivity index (χ0v) is 11.0. The minimum absolute atomic E-state index is 0.0552. The van der Waals surface area contributed by atoms with Crippen LogP contribution in [0.5, 0.6) is 0 Å². The second-order valence-electron chi connectivity index (χ2n) is 4.29. The molecular formula is C14H19NO4. The molecule has 0 saturated carbocycles. The summed E-state index contributed by atoms with van der Waals surface area (Å²) < 4.78 is 4.81. The van der Waals surface area contributed by atoms with Crippen LogP contribution in [0.3, 0.4) is 0 Å². The molecule has 0 bridgehead atoms. The van der Waals surface area contributed by atoms with Gasteiger partial charge >= 0.3 is 5.97 Å². The van der Waals surface area contributed by atoms with Crippen LogP contribution in [0.1, 0.15) is 17.5 Å². The second kappa shape index (κ2) is 8.26. The Kier molecular flexibility index (Phi) is 6.60. The number of nitrogens with one attached hydrogen (secondary N) is 1. The summed E-state index contributed by atoms with van der Waals surface area (Å²) in [5.74, 6) is -1.06. The number of ether oxygens (including phenoxy) is 1. The molecule has 0 aromatic heterocycles. The molecule has 104 valence electrons. The van der Waals surface area contributed by atoms with E-state index in [0.29, 0.717) is 19.4 Å². The molecule has 19 heavy (non-hydrogen) atoms. The van der Waals surface area contributed by atoms with E-state index in [2.05, 4.69) is 11.4 Å². The van der Waals surface area contributed by atoms with Gasteiger partial charge in [0.15, 0.2) is 0 Å². The van der Waals surface area contributed by atoms with Gasteiger partial charge < -0.3 is 15.2 Å². The van der Waals surface area contributed by atoms with Crippen molar-refractivity contribution in [3.8, 4) is 0 Å². The van der Waals surface area contributed by atoms with Gasteiger partial charge in [-0.15, -0.1) is 0 Å². The van der Waals surface area contributed by atoms with Crippen molar-refractivity contribution >= 4 is 11.9 Å². The molecule has 0 fully saturated rings. The number of benzene rings is 1. The van der Waals surface area contributed by atoms with E-state index in [4.69, 9.17) is 9.84 Å². The lowest BCUT2D eigenvalue weighted by Gasteiger charge is -2.06. The topological polar surface area (TPSA) is 75.6 Å². The summed E-state index contributed by atoms with van der Waals surface area (Å²) in [6.07, 6.45) is 1.12. The first-order valence-electron chi connectivity index (χ1n) is 6.19. The molecule has 1 aromatic carbocycles. The first-order valence-corrected chi connectivity index (χ1v) is 6.19. The number of amides is 1. The van der Waals surface area contributed by atoms with Crippen LogP contribution in [0, 0.1) is 6.92 Å². The maximum Gasteiger partial charge on any atom is 0.329 e. The molecule has 5 nitrogen and oxygen atoms in total. The van der Waals surface area contributed by atoms with Gasteiger partial charge in [-0.05, 0) is 18.9 Å². The Morgan fingerprint density at radius 2 is 2.16 bits per heavy atom. The number of carboxylic acid groups (broad SMARTS) is 1. The molecule has 2 N–H and O–H groups in total. The predicted octanol–water partition coefficient (Wildman–Crippen LogP) is 1.15. The fraction of sp³-hybridized carbons (Fsp3) is 0.429. The summed E-state index contributed by atoms with van der Waals surface area (Å²) in [5, 5.41) is 11.0. The SMILES string of the molecule is Cc1cccc(CCC(=O)NCCOCC(=O)O)c1. The van der Waals surface area contributed by atoms with Crippen molar-refractivity contribution in [2.75, 3.05) is 19.8 Å². The number of aryl methyl sites for hydroxylation is 2. The standard InChI is InChI=1S/C14H19NO4/c1-11-3-2-4-12(9-11)5-6-13(16)15-7-8-19-10-14(17)18/h2-4,9H,5-8,10H2,1H3,(H,15,16)(H,17,18). The summed E-state index contributed by atoms with van der Waals surface area (Å²) >= 11 is 0. The lowest BCUT2D eigenvalue weighted by molar-refractivity contribution is -0.142. The van der Waals surface area contributed by atoms with E-state index in [1.807, 2.05) is 25.1 Å². The third-order valence-corrected chi connectivity index (χ3v) is 2.52. The molecule has 0 radical (unpaired) electrons. The Balaban J connectivity index is 2.13. The number of carboxylic acids is 1. The van der Waals surface area contributed by atoms with E-state index in [-0.39, 0.29) is 19.1 Å². The van der Waals surface area contributed by atoms with Crippen molar-refractivity contribution in [3.63, 3.8) is 0 Å². The third-order valence-electron chi connectivity index (χ3n) is 2.52. The van der Waals surface area contributed by atoms with Crippen LogP contribution < -0.4 is 5.32 Å². The Morgan fingerprint density at radius 1 is 1.37 bits per heavy atom. The molecule has 0 saturated heterocycles. The van der Waals surface area contributed by atoms with Crippen LogP contribution in [-0.4, -0.2) is 36.7 Å². The molecule has 0 heterocycles. The molecule has 0 aliphatic carbocycles. The molecule has 1 amide bonds. The van der Waals surface area contributed by atoms with Crippen LogP contribution in [0.4, 0.5) is 0 Å². The summed E-state index contributed by atoms with van der Waals surface area (Å²) in [5.41, 5.74) is 2.32. The molecule has 5 heteroatoms. The molecule has 0 unspecified atom stereocenters. The molecule has 0 atom stereocenters. The van der Waals surface area contributed by atoms with Crippen LogP contribution >= 0.6 is 0 Å². The Hall–Kier alpha value is -1.88. The summed E-state index contributed by atoms with van der Waals surface area (Å²) in [6.45, 7) is 2.23. The minimum Gasteiger partial charge on any atom is -0.480 e. The van der Waals surface area contributed by atoms with Crippen molar-refractivity contribution in [1.29, 1.82) is 0 Å². The molecular weight excluding hydrogens is 246 g/mol. The van der Waals surface area contributed by atoms with Gasteiger partial charge in [0.25, 0.3) is 0 Å². The Labute approximate surface area is 112 Å². The largest absolute Gasteiger partial charge is 0.480 e. The number of hydrogen-bond donors (Lipinski definition) is 2. The van der Waals surface area contributed by atoms with Gasteiger partial charge in [0.1, 0.15) is 6.61 Å². The van der Waals surface area contributed by atoms with Gasteiger partial charge in [0.2, 0.25) is 5.91 Å². The highest BCUT2D eigenvalue weighted by Gasteiger charge is 2.02. The maximum absolute atomic E-state index is 11.5. The molecule has 0 spiro atoms. The van der Waals surface area contributed by atoms with Gasteiger partial charge in [-0.25, -0.2) is 4.79 Å². The van der Waals surface area contributed by atoms with Gasteiger partial charge in [-0.2, -0.15) is 0 Å². The number of carbonyl (C=O) groups is 2. The Morgan fingerprint density at radius 3 is 2.84 bits per heavy atom. The van der Waals surface area contributed by atoms with Gasteiger partial charge in [0.05, 0.1) is 6.61 Å². The second-order valence-corrected chi connectivity index (χ2v) is 4.29. The van der Waals surface area contributed by atoms with Crippen molar-refractivity contribution in [2.24, 2.45) is 0 Å². The zero-order chi connectivity index (χ0) is 14.1. The summed E-state index contributed by atoms with van der Waals surface area (Å²) in [7, 11) is 0. The average Bonchev–Trinajstić information content (AvgIpc) is 2.35. The van der Waals surface area contributed by atoms with Crippen molar-refractivity contribution < 1.29 is 19.4 Å².